The van der Waals surface area contributed by atoms with Crippen molar-refractivity contribution in [3.8, 4) is 16.9 Å². The van der Waals surface area contributed by atoms with E-state index >= 15 is 0 Å². The second-order valence-corrected chi connectivity index (χ2v) is 8.44. The molecule has 3 aromatic carbocycles. The van der Waals surface area contributed by atoms with E-state index in [1.165, 1.54) is 0 Å². The minimum absolute atomic E-state index is 0.159. The van der Waals surface area contributed by atoms with Gasteiger partial charge in [0.2, 0.25) is 0 Å². The lowest BCUT2D eigenvalue weighted by molar-refractivity contribution is -0.142. The topological polar surface area (TPSA) is 87.8 Å². The highest BCUT2D eigenvalue weighted by Gasteiger charge is 2.19. The Kier molecular flexibility index (Phi) is 6.29. The normalized spacial score (nSPS) is 11.3. The lowest BCUT2D eigenvalue weighted by Crippen LogP contribution is -2.09. The highest BCUT2D eigenvalue weighted by atomic mass is 16.5. The van der Waals surface area contributed by atoms with Crippen LogP contribution < -0.4 is 10.5 Å². The largest absolute Gasteiger partial charge is 0.488 e. The van der Waals surface area contributed by atoms with Gasteiger partial charge in [-0.15, -0.1) is 0 Å². The van der Waals surface area contributed by atoms with Crippen LogP contribution in [0.15, 0.2) is 75.8 Å². The third kappa shape index (κ3) is 4.53. The minimum atomic E-state index is -0.278. The highest BCUT2D eigenvalue weighted by Crippen LogP contribution is 2.39. The molecule has 0 atom stereocenters. The number of esters is 1. The number of aryl methyl sites for hydroxylation is 1. The predicted octanol–water partition coefficient (Wildman–Crippen LogP) is 6.30. The smallest absolute Gasteiger partial charge is 0.310 e. The van der Waals surface area contributed by atoms with Gasteiger partial charge in [-0.3, -0.25) is 4.79 Å². The predicted molar refractivity (Wildman–Crippen MR) is 135 cm³/mol. The fourth-order valence-corrected chi connectivity index (χ4v) is 4.37. The number of furan rings is 2. The summed E-state index contributed by atoms with van der Waals surface area (Å²) in [4.78, 5) is 12.0. The van der Waals surface area contributed by atoms with Gasteiger partial charge in [0.15, 0.2) is 0 Å². The highest BCUT2D eigenvalue weighted by molar-refractivity contribution is 6.10. The maximum atomic E-state index is 12.0. The van der Waals surface area contributed by atoms with E-state index in [4.69, 9.17) is 24.0 Å². The summed E-state index contributed by atoms with van der Waals surface area (Å²) in [5.41, 5.74) is 12.2. The van der Waals surface area contributed by atoms with Crippen LogP contribution in [0.5, 0.6) is 5.75 Å². The number of hydrogen-bond donors (Lipinski definition) is 1. The van der Waals surface area contributed by atoms with E-state index in [-0.39, 0.29) is 19.0 Å². The first-order valence-electron chi connectivity index (χ1n) is 11.7. The van der Waals surface area contributed by atoms with Gasteiger partial charge in [-0.1, -0.05) is 36.4 Å². The molecule has 0 saturated heterocycles. The van der Waals surface area contributed by atoms with E-state index in [1.54, 1.807) is 13.2 Å². The minimum Gasteiger partial charge on any atom is -0.488 e. The zero-order valence-electron chi connectivity index (χ0n) is 19.8. The van der Waals surface area contributed by atoms with Crippen LogP contribution in [0, 0.1) is 6.92 Å². The van der Waals surface area contributed by atoms with Crippen LogP contribution in [-0.2, 0) is 29.1 Å². The van der Waals surface area contributed by atoms with Gasteiger partial charge >= 0.3 is 5.97 Å². The van der Waals surface area contributed by atoms with Crippen molar-refractivity contribution >= 4 is 27.9 Å². The number of para-hydroxylation sites is 1. The summed E-state index contributed by atoms with van der Waals surface area (Å²) in [6.45, 7) is 4.83. The van der Waals surface area contributed by atoms with Crippen molar-refractivity contribution in [2.45, 2.75) is 33.4 Å². The summed E-state index contributed by atoms with van der Waals surface area (Å²) in [6, 6.07) is 19.7. The maximum absolute atomic E-state index is 12.0. The zero-order chi connectivity index (χ0) is 24.4. The van der Waals surface area contributed by atoms with Crippen LogP contribution in [-0.4, -0.2) is 12.6 Å². The number of benzene rings is 3. The molecule has 0 radical (unpaired) electrons. The fraction of sp³-hybridized carbons (Fsp3) is 0.207. The third-order valence-electron chi connectivity index (χ3n) is 6.01. The molecule has 2 N–H and O–H groups in total. The molecule has 0 amide bonds. The monoisotopic (exact) mass is 469 g/mol. The number of nitrogens with two attached hydrogens (primary N) is 1. The van der Waals surface area contributed by atoms with Crippen LogP contribution in [0.2, 0.25) is 0 Å². The first-order valence-corrected chi connectivity index (χ1v) is 11.7. The Morgan fingerprint density at radius 2 is 1.83 bits per heavy atom. The Bertz CT molecular complexity index is 1510. The molecule has 0 aliphatic carbocycles. The van der Waals surface area contributed by atoms with Gasteiger partial charge in [0.05, 0.1) is 24.7 Å². The van der Waals surface area contributed by atoms with E-state index in [0.29, 0.717) is 18.9 Å². The number of ether oxygens (including phenoxy) is 2. The van der Waals surface area contributed by atoms with Crippen molar-refractivity contribution in [2.24, 2.45) is 5.73 Å². The van der Waals surface area contributed by atoms with Crippen molar-refractivity contribution in [3.63, 3.8) is 0 Å². The SMILES string of the molecule is CCOC(=O)Cc1ccccc1OCc1coc2c1cc(-c1cccc(CN)c1)c1oc(C)cc12. The number of carbonyl (C=O) groups is 1. The molecule has 0 aliphatic rings. The van der Waals surface area contributed by atoms with Gasteiger partial charge in [-0.25, -0.2) is 0 Å². The lowest BCUT2D eigenvalue weighted by atomic mass is 9.98. The zero-order valence-corrected chi connectivity index (χ0v) is 19.8. The molecule has 0 fully saturated rings. The van der Waals surface area contributed by atoms with Gasteiger partial charge in [0, 0.05) is 28.6 Å². The second kappa shape index (κ2) is 9.68. The van der Waals surface area contributed by atoms with Gasteiger partial charge in [0.25, 0.3) is 0 Å². The van der Waals surface area contributed by atoms with E-state index in [1.807, 2.05) is 49.4 Å². The molecule has 2 aromatic heterocycles. The molecule has 2 heterocycles. The summed E-state index contributed by atoms with van der Waals surface area (Å²) in [7, 11) is 0. The summed E-state index contributed by atoms with van der Waals surface area (Å²) in [5, 5.41) is 1.87. The lowest BCUT2D eigenvalue weighted by Gasteiger charge is -2.11. The molecular formula is C29H27NO5. The molecule has 0 unspecified atom stereocenters. The molecule has 6 nitrogen and oxygen atoms in total. The molecule has 0 bridgehead atoms. The molecule has 0 aliphatic heterocycles. The van der Waals surface area contributed by atoms with Crippen molar-refractivity contribution < 1.29 is 23.1 Å². The van der Waals surface area contributed by atoms with E-state index in [9.17, 15) is 4.79 Å². The molecule has 5 aromatic rings. The van der Waals surface area contributed by atoms with Crippen LogP contribution in [0.4, 0.5) is 0 Å². The number of rotatable bonds is 8. The van der Waals surface area contributed by atoms with Crippen molar-refractivity contribution in [1.29, 1.82) is 0 Å². The first kappa shape index (κ1) is 22.7. The second-order valence-electron chi connectivity index (χ2n) is 8.44. The molecule has 0 spiro atoms. The van der Waals surface area contributed by atoms with E-state index in [0.717, 1.165) is 55.5 Å². The fourth-order valence-electron chi connectivity index (χ4n) is 4.37. The van der Waals surface area contributed by atoms with Gasteiger partial charge in [-0.05, 0) is 49.2 Å². The van der Waals surface area contributed by atoms with Gasteiger partial charge in [-0.2, -0.15) is 0 Å². The Hall–Kier alpha value is -4.03. The Morgan fingerprint density at radius 1 is 0.971 bits per heavy atom. The van der Waals surface area contributed by atoms with Crippen molar-refractivity contribution in [2.75, 3.05) is 6.61 Å². The van der Waals surface area contributed by atoms with Crippen molar-refractivity contribution in [3.05, 3.63) is 89.4 Å². The summed E-state index contributed by atoms with van der Waals surface area (Å²) >= 11 is 0. The number of carbonyl (C=O) groups excluding carboxylic acids is 1. The number of hydrogen-bond acceptors (Lipinski definition) is 6. The first-order chi connectivity index (χ1) is 17.1. The molecule has 0 saturated carbocycles. The summed E-state index contributed by atoms with van der Waals surface area (Å²) < 4.78 is 23.3. The average Bonchev–Trinajstić information content (AvgIpc) is 3.45. The van der Waals surface area contributed by atoms with E-state index < -0.39 is 0 Å². The quantitative estimate of drug-likeness (QED) is 0.268. The Balaban J connectivity index is 1.52. The maximum Gasteiger partial charge on any atom is 0.310 e. The number of fused-ring (bicyclic) bond motifs is 3. The molecule has 35 heavy (non-hydrogen) atoms. The molecule has 5 rings (SSSR count). The molecular weight excluding hydrogens is 442 g/mol. The van der Waals surface area contributed by atoms with Crippen molar-refractivity contribution in [1.82, 2.24) is 0 Å². The molecule has 178 valence electrons. The van der Waals surface area contributed by atoms with Crippen LogP contribution >= 0.6 is 0 Å². The van der Waals surface area contributed by atoms with Crippen LogP contribution in [0.25, 0.3) is 33.1 Å². The average molecular weight is 470 g/mol. The standard InChI is InChI=1S/C29H27NO5/c1-3-32-27(31)13-21-8-4-5-10-26(21)33-16-22-17-34-28-24(22)14-23(29-25(28)11-18(2)35-29)20-9-6-7-19(12-20)15-30/h4-12,14,17H,3,13,15-16,30H2,1-2H3. The summed E-state index contributed by atoms with van der Waals surface area (Å²) in [6.07, 6.45) is 1.88. The van der Waals surface area contributed by atoms with E-state index in [2.05, 4.69) is 18.2 Å². The Labute approximate surface area is 203 Å². The third-order valence-corrected chi connectivity index (χ3v) is 6.01. The molecule has 6 heteroatoms. The summed E-state index contributed by atoms with van der Waals surface area (Å²) in [5.74, 6) is 1.18. The van der Waals surface area contributed by atoms with Gasteiger partial charge < -0.3 is 24.0 Å². The van der Waals surface area contributed by atoms with Gasteiger partial charge in [0.1, 0.15) is 29.3 Å². The Morgan fingerprint density at radius 3 is 2.66 bits per heavy atom. The van der Waals surface area contributed by atoms with Crippen LogP contribution in [0.3, 0.4) is 0 Å². The van der Waals surface area contributed by atoms with Crippen LogP contribution in [0.1, 0.15) is 29.4 Å².